The molecule has 3 atom stereocenters. The van der Waals surface area contributed by atoms with E-state index < -0.39 is 16.9 Å². The highest BCUT2D eigenvalue weighted by Crippen LogP contribution is 2.45. The number of aryl methyl sites for hydroxylation is 3. The number of alkyl halides is 2. The Morgan fingerprint density at radius 1 is 1.06 bits per heavy atom. The minimum Gasteiger partial charge on any atom is -0.430 e. The third-order valence-corrected chi connectivity index (χ3v) is 9.00. The van der Waals surface area contributed by atoms with Crippen molar-refractivity contribution in [1.82, 2.24) is 4.90 Å². The van der Waals surface area contributed by atoms with Crippen LogP contribution in [-0.4, -0.2) is 52.8 Å². The van der Waals surface area contributed by atoms with Crippen LogP contribution in [0.15, 0.2) is 17.9 Å². The maximum absolute atomic E-state index is 13.0. The lowest BCUT2D eigenvalue weighted by molar-refractivity contribution is -0.148. The van der Waals surface area contributed by atoms with Gasteiger partial charge in [-0.3, -0.25) is 9.59 Å². The maximum Gasteiger partial charge on any atom is 0.317 e. The SMILES string of the molecule is Cc1cc(C)c(C2=C(OC(=O)C(C)(C)CCl)CC(CC3CCN(C(=O)C(C)(C)CCl)C3)C2O)c(C)c1. The smallest absolute Gasteiger partial charge is 0.317 e. The molecule has 0 bridgehead atoms. The van der Waals surface area contributed by atoms with E-state index >= 15 is 0 Å². The number of rotatable bonds is 8. The van der Waals surface area contributed by atoms with E-state index in [2.05, 4.69) is 19.1 Å². The summed E-state index contributed by atoms with van der Waals surface area (Å²) in [5, 5.41) is 11.6. The number of hydrogen-bond acceptors (Lipinski definition) is 4. The van der Waals surface area contributed by atoms with Gasteiger partial charge in [0.1, 0.15) is 5.76 Å². The first kappa shape index (κ1) is 29.0. The molecule has 1 aliphatic carbocycles. The molecule has 1 N–H and O–H groups in total. The fourth-order valence-corrected chi connectivity index (χ4v) is 5.71. The summed E-state index contributed by atoms with van der Waals surface area (Å²) in [6, 6.07) is 4.19. The van der Waals surface area contributed by atoms with Crippen molar-refractivity contribution in [3.8, 4) is 0 Å². The van der Waals surface area contributed by atoms with Crippen LogP contribution in [-0.2, 0) is 14.3 Å². The van der Waals surface area contributed by atoms with Crippen LogP contribution in [0, 0.1) is 43.4 Å². The van der Waals surface area contributed by atoms with Crippen molar-refractivity contribution in [3.05, 3.63) is 40.1 Å². The molecule has 1 aromatic rings. The number of nitrogens with zero attached hydrogens (tertiary/aromatic N) is 1. The summed E-state index contributed by atoms with van der Waals surface area (Å²) in [6.45, 7) is 14.8. The number of aliphatic hydroxyl groups is 1. The standard InChI is InChI=1S/C29H41Cl2NO4/c1-17-10-18(2)23(19(3)11-17)24-22(36-27(35)29(6,7)16-31)13-21(25(24)33)12-20-8-9-32(14-20)26(34)28(4,5)15-30/h10-11,20-21,25,33H,8-9,12-16H2,1-7H3. The summed E-state index contributed by atoms with van der Waals surface area (Å²) < 4.78 is 5.98. The lowest BCUT2D eigenvalue weighted by Crippen LogP contribution is -2.40. The van der Waals surface area contributed by atoms with Crippen LogP contribution in [0.4, 0.5) is 0 Å². The highest BCUT2D eigenvalue weighted by Gasteiger charge is 2.42. The minimum atomic E-state index is -0.832. The zero-order valence-corrected chi connectivity index (χ0v) is 24.2. The fourth-order valence-electron chi connectivity index (χ4n) is 5.49. The van der Waals surface area contributed by atoms with E-state index in [0.29, 0.717) is 30.8 Å². The molecule has 1 amide bonds. The fraction of sp³-hybridized carbons (Fsp3) is 0.655. The van der Waals surface area contributed by atoms with Crippen molar-refractivity contribution in [2.45, 2.75) is 73.8 Å². The van der Waals surface area contributed by atoms with E-state index in [1.807, 2.05) is 32.6 Å². The van der Waals surface area contributed by atoms with Gasteiger partial charge in [-0.2, -0.15) is 0 Å². The van der Waals surface area contributed by atoms with Crippen LogP contribution in [0.5, 0.6) is 0 Å². The number of amides is 1. The molecule has 7 heteroatoms. The van der Waals surface area contributed by atoms with Crippen molar-refractivity contribution >= 4 is 40.7 Å². The zero-order valence-electron chi connectivity index (χ0n) is 22.7. The summed E-state index contributed by atoms with van der Waals surface area (Å²) in [5.41, 5.74) is 3.49. The molecule has 3 unspecified atom stereocenters. The molecular weight excluding hydrogens is 497 g/mol. The average Bonchev–Trinajstić information content (AvgIpc) is 3.38. The van der Waals surface area contributed by atoms with Gasteiger partial charge in [-0.05, 0) is 89.8 Å². The summed E-state index contributed by atoms with van der Waals surface area (Å²) in [5.74, 6) is 0.840. The Morgan fingerprint density at radius 3 is 2.19 bits per heavy atom. The zero-order chi connectivity index (χ0) is 27.0. The number of halogens is 2. The third kappa shape index (κ3) is 5.95. The molecule has 1 fully saturated rings. The molecule has 0 spiro atoms. The molecule has 5 nitrogen and oxygen atoms in total. The van der Waals surface area contributed by atoms with Gasteiger partial charge in [0.2, 0.25) is 5.91 Å². The highest BCUT2D eigenvalue weighted by molar-refractivity contribution is 6.20. The van der Waals surface area contributed by atoms with E-state index in [1.54, 1.807) is 13.8 Å². The number of carbonyl (C=O) groups is 2. The molecule has 2 aliphatic rings. The summed E-state index contributed by atoms with van der Waals surface area (Å²) >= 11 is 12.1. The van der Waals surface area contributed by atoms with Crippen LogP contribution in [0.1, 0.15) is 69.2 Å². The molecule has 0 radical (unpaired) electrons. The Balaban J connectivity index is 1.86. The normalized spacial score (nSPS) is 22.9. The van der Waals surface area contributed by atoms with E-state index in [9.17, 15) is 14.7 Å². The van der Waals surface area contributed by atoms with Crippen molar-refractivity contribution in [2.24, 2.45) is 22.7 Å². The highest BCUT2D eigenvalue weighted by atomic mass is 35.5. The van der Waals surface area contributed by atoms with Gasteiger partial charge >= 0.3 is 5.97 Å². The number of carbonyl (C=O) groups excluding carboxylic acids is 2. The molecule has 1 heterocycles. The van der Waals surface area contributed by atoms with Crippen LogP contribution in [0.3, 0.4) is 0 Å². The van der Waals surface area contributed by atoms with Gasteiger partial charge in [-0.1, -0.05) is 17.7 Å². The Hall–Kier alpha value is -1.56. The number of esters is 1. The predicted molar refractivity (Wildman–Crippen MR) is 146 cm³/mol. The van der Waals surface area contributed by atoms with E-state index in [4.69, 9.17) is 27.9 Å². The summed E-state index contributed by atoms with van der Waals surface area (Å²) in [6.07, 6.45) is 1.36. The van der Waals surface area contributed by atoms with Crippen LogP contribution >= 0.6 is 23.2 Å². The first-order chi connectivity index (χ1) is 16.7. The molecule has 1 aromatic carbocycles. The summed E-state index contributed by atoms with van der Waals surface area (Å²) in [4.78, 5) is 27.8. The second kappa shape index (κ2) is 11.0. The summed E-state index contributed by atoms with van der Waals surface area (Å²) in [7, 11) is 0. The van der Waals surface area contributed by atoms with Gasteiger partial charge < -0.3 is 14.7 Å². The Bertz CT molecular complexity index is 1020. The maximum atomic E-state index is 13.0. The van der Waals surface area contributed by atoms with Gasteiger partial charge in [-0.25, -0.2) is 0 Å². The van der Waals surface area contributed by atoms with Crippen molar-refractivity contribution < 1.29 is 19.4 Å². The van der Waals surface area contributed by atoms with Gasteiger partial charge in [0.15, 0.2) is 0 Å². The first-order valence-corrected chi connectivity index (χ1v) is 13.9. The van der Waals surface area contributed by atoms with Crippen molar-refractivity contribution in [2.75, 3.05) is 24.8 Å². The van der Waals surface area contributed by atoms with Crippen LogP contribution < -0.4 is 0 Å². The van der Waals surface area contributed by atoms with E-state index in [1.165, 1.54) is 0 Å². The molecule has 1 saturated heterocycles. The number of benzene rings is 1. The van der Waals surface area contributed by atoms with Crippen LogP contribution in [0.25, 0.3) is 5.57 Å². The Kier molecular flexibility index (Phi) is 8.90. The number of ether oxygens (including phenoxy) is 1. The molecule has 200 valence electrons. The van der Waals surface area contributed by atoms with E-state index in [0.717, 1.165) is 35.1 Å². The van der Waals surface area contributed by atoms with Crippen LogP contribution in [0.2, 0.25) is 0 Å². The molecular formula is C29H41Cl2NO4. The quantitative estimate of drug-likeness (QED) is 0.325. The lowest BCUT2D eigenvalue weighted by atomic mass is 9.86. The Labute approximate surface area is 226 Å². The van der Waals surface area contributed by atoms with Gasteiger partial charge in [0.05, 0.1) is 16.9 Å². The van der Waals surface area contributed by atoms with E-state index in [-0.39, 0.29) is 35.5 Å². The largest absolute Gasteiger partial charge is 0.430 e. The average molecular weight is 539 g/mol. The molecule has 1 aliphatic heterocycles. The number of likely N-dealkylation sites (tertiary alicyclic amines) is 1. The predicted octanol–water partition coefficient (Wildman–Crippen LogP) is 6.02. The van der Waals surface area contributed by atoms with Gasteiger partial charge in [0.25, 0.3) is 0 Å². The Morgan fingerprint density at radius 2 is 1.64 bits per heavy atom. The molecule has 0 saturated carbocycles. The number of hydrogen-bond donors (Lipinski definition) is 1. The number of allylic oxidation sites excluding steroid dienone is 1. The topological polar surface area (TPSA) is 66.8 Å². The third-order valence-electron chi connectivity index (χ3n) is 7.66. The minimum absolute atomic E-state index is 0.0783. The molecule has 36 heavy (non-hydrogen) atoms. The first-order valence-electron chi connectivity index (χ1n) is 12.8. The second-order valence-electron chi connectivity index (χ2n) is 12.1. The molecule has 3 rings (SSSR count). The second-order valence-corrected chi connectivity index (χ2v) is 12.6. The van der Waals surface area contributed by atoms with Gasteiger partial charge in [-0.15, -0.1) is 23.2 Å². The van der Waals surface area contributed by atoms with Crippen molar-refractivity contribution in [1.29, 1.82) is 0 Å². The van der Waals surface area contributed by atoms with Crippen molar-refractivity contribution in [3.63, 3.8) is 0 Å². The molecule has 0 aromatic heterocycles. The van der Waals surface area contributed by atoms with Gasteiger partial charge in [0, 0.05) is 36.8 Å². The monoisotopic (exact) mass is 537 g/mol. The number of aliphatic hydroxyl groups excluding tert-OH is 1. The lowest BCUT2D eigenvalue weighted by Gasteiger charge is -2.28.